The van der Waals surface area contributed by atoms with Crippen LogP contribution in [0, 0.1) is 16.0 Å². The molecule has 1 aliphatic rings. The smallest absolute Gasteiger partial charge is 0.289 e. The summed E-state index contributed by atoms with van der Waals surface area (Å²) in [4.78, 5) is 10.1. The van der Waals surface area contributed by atoms with Crippen LogP contribution in [0.1, 0.15) is 32.6 Å². The maximum Gasteiger partial charge on any atom is 0.289 e. The predicted molar refractivity (Wildman–Crippen MR) is 82.8 cm³/mol. The van der Waals surface area contributed by atoms with Crippen molar-refractivity contribution in [2.75, 3.05) is 6.54 Å². The van der Waals surface area contributed by atoms with Gasteiger partial charge in [-0.25, -0.2) is 13.1 Å². The molecule has 0 amide bonds. The quantitative estimate of drug-likeness (QED) is 0.632. The van der Waals surface area contributed by atoms with Crippen LogP contribution in [0.15, 0.2) is 29.2 Å². The first-order chi connectivity index (χ1) is 10.3. The molecule has 0 radical (unpaired) electrons. The Balaban J connectivity index is 2.41. The van der Waals surface area contributed by atoms with Crippen molar-refractivity contribution in [1.29, 1.82) is 0 Å². The van der Waals surface area contributed by atoms with Crippen molar-refractivity contribution in [2.24, 2.45) is 11.7 Å². The number of nitro groups is 1. The fourth-order valence-corrected chi connectivity index (χ4v) is 4.78. The van der Waals surface area contributed by atoms with Crippen LogP contribution in [0.4, 0.5) is 5.69 Å². The van der Waals surface area contributed by atoms with Crippen LogP contribution in [0.3, 0.4) is 0 Å². The van der Waals surface area contributed by atoms with Crippen LogP contribution in [-0.4, -0.2) is 25.4 Å². The summed E-state index contributed by atoms with van der Waals surface area (Å²) in [7, 11) is -4.01. The molecule has 1 aromatic carbocycles. The molecule has 0 spiro atoms. The Morgan fingerprint density at radius 1 is 1.41 bits per heavy atom. The van der Waals surface area contributed by atoms with E-state index in [1.54, 1.807) is 0 Å². The fourth-order valence-electron chi connectivity index (χ4n) is 3.07. The summed E-state index contributed by atoms with van der Waals surface area (Å²) >= 11 is 0. The van der Waals surface area contributed by atoms with E-state index in [2.05, 4.69) is 4.72 Å². The van der Waals surface area contributed by atoms with Gasteiger partial charge in [0, 0.05) is 18.2 Å². The lowest BCUT2D eigenvalue weighted by molar-refractivity contribution is -0.387. The van der Waals surface area contributed by atoms with E-state index in [-0.39, 0.29) is 17.4 Å². The molecule has 3 N–H and O–H groups in total. The molecule has 2 rings (SSSR count). The van der Waals surface area contributed by atoms with Crippen molar-refractivity contribution >= 4 is 15.7 Å². The van der Waals surface area contributed by atoms with Crippen molar-refractivity contribution < 1.29 is 13.3 Å². The number of rotatable bonds is 5. The molecule has 7 nitrogen and oxygen atoms in total. The Kier molecular flexibility index (Phi) is 4.84. The van der Waals surface area contributed by atoms with Crippen LogP contribution in [-0.2, 0) is 10.0 Å². The highest BCUT2D eigenvalue weighted by molar-refractivity contribution is 7.89. The number of benzene rings is 1. The van der Waals surface area contributed by atoms with Gasteiger partial charge in [-0.1, -0.05) is 31.9 Å². The maximum atomic E-state index is 12.7. The zero-order valence-corrected chi connectivity index (χ0v) is 13.3. The lowest BCUT2D eigenvalue weighted by atomic mass is 9.74. The lowest BCUT2D eigenvalue weighted by Gasteiger charge is -2.42. The topological polar surface area (TPSA) is 115 Å². The van der Waals surface area contributed by atoms with Crippen LogP contribution in [0.25, 0.3) is 0 Å². The van der Waals surface area contributed by atoms with E-state index in [1.165, 1.54) is 24.3 Å². The largest absolute Gasteiger partial charge is 0.329 e. The summed E-state index contributed by atoms with van der Waals surface area (Å²) in [5, 5.41) is 11.1. The number of hydrogen-bond acceptors (Lipinski definition) is 5. The van der Waals surface area contributed by atoms with E-state index >= 15 is 0 Å². The molecule has 0 bridgehead atoms. The average molecular weight is 327 g/mol. The highest BCUT2D eigenvalue weighted by atomic mass is 32.2. The summed E-state index contributed by atoms with van der Waals surface area (Å²) in [6, 6.07) is 5.35. The average Bonchev–Trinajstić information content (AvgIpc) is 2.49. The number of nitro benzene ring substituents is 1. The number of nitrogens with one attached hydrogen (secondary N) is 1. The molecule has 1 aromatic rings. The molecule has 1 saturated carbocycles. The van der Waals surface area contributed by atoms with Crippen LogP contribution < -0.4 is 10.5 Å². The highest BCUT2D eigenvalue weighted by Crippen LogP contribution is 2.35. The number of para-hydroxylation sites is 1. The van der Waals surface area contributed by atoms with Gasteiger partial charge < -0.3 is 5.73 Å². The Labute approximate surface area is 130 Å². The van der Waals surface area contributed by atoms with Crippen molar-refractivity contribution in [3.8, 4) is 0 Å². The standard InChI is InChI=1S/C14H21N3O4S/c1-11-6-4-5-9-14(11,10-15)16-22(20,21)13-8-3-2-7-12(13)17(18)19/h2-3,7-8,11,16H,4-6,9-10,15H2,1H3. The van der Waals surface area contributed by atoms with Crippen molar-refractivity contribution in [2.45, 2.75) is 43.0 Å². The van der Waals surface area contributed by atoms with Gasteiger partial charge in [0.25, 0.3) is 5.69 Å². The fraction of sp³-hybridized carbons (Fsp3) is 0.571. The second-order valence-corrected chi connectivity index (χ2v) is 7.49. The second-order valence-electron chi connectivity index (χ2n) is 5.84. The molecule has 122 valence electrons. The zero-order valence-electron chi connectivity index (χ0n) is 12.5. The van der Waals surface area contributed by atoms with Gasteiger partial charge in [-0.2, -0.15) is 0 Å². The normalized spacial score (nSPS) is 25.8. The summed E-state index contributed by atoms with van der Waals surface area (Å²) in [5.74, 6) is 0.0868. The molecule has 1 aliphatic carbocycles. The number of sulfonamides is 1. The van der Waals surface area contributed by atoms with E-state index in [4.69, 9.17) is 5.73 Å². The van der Waals surface area contributed by atoms with Gasteiger partial charge in [-0.15, -0.1) is 0 Å². The molecule has 8 heteroatoms. The van der Waals surface area contributed by atoms with E-state index in [9.17, 15) is 18.5 Å². The van der Waals surface area contributed by atoms with Crippen molar-refractivity contribution in [3.63, 3.8) is 0 Å². The van der Waals surface area contributed by atoms with Crippen molar-refractivity contribution in [1.82, 2.24) is 4.72 Å². The summed E-state index contributed by atoms with van der Waals surface area (Å²) in [6.45, 7) is 2.14. The number of nitrogens with two attached hydrogens (primary N) is 1. The third-order valence-electron chi connectivity index (χ3n) is 4.51. The Hall–Kier alpha value is -1.51. The summed E-state index contributed by atoms with van der Waals surface area (Å²) < 4.78 is 28.0. The monoisotopic (exact) mass is 327 g/mol. The van der Waals surface area contributed by atoms with E-state index in [1.807, 2.05) is 6.92 Å². The molecular formula is C14H21N3O4S. The first kappa shape index (κ1) is 16.9. The summed E-state index contributed by atoms with van der Waals surface area (Å²) in [6.07, 6.45) is 3.46. The molecule has 0 heterocycles. The highest BCUT2D eigenvalue weighted by Gasteiger charge is 2.41. The molecular weight excluding hydrogens is 306 g/mol. The second kappa shape index (κ2) is 6.31. The van der Waals surface area contributed by atoms with Gasteiger partial charge in [0.05, 0.1) is 4.92 Å². The Bertz CT molecular complexity index is 662. The SMILES string of the molecule is CC1CCCCC1(CN)NS(=O)(=O)c1ccccc1[N+](=O)[O-]. The maximum absolute atomic E-state index is 12.7. The zero-order chi connectivity index (χ0) is 16.4. The van der Waals surface area contributed by atoms with Crippen molar-refractivity contribution in [3.05, 3.63) is 34.4 Å². The molecule has 1 fully saturated rings. The molecule has 2 unspecified atom stereocenters. The van der Waals surface area contributed by atoms with Crippen LogP contribution in [0.5, 0.6) is 0 Å². The Morgan fingerprint density at radius 3 is 2.68 bits per heavy atom. The first-order valence-corrected chi connectivity index (χ1v) is 8.78. The Morgan fingerprint density at radius 2 is 2.09 bits per heavy atom. The van der Waals surface area contributed by atoms with Gasteiger partial charge in [0.2, 0.25) is 10.0 Å². The minimum absolute atomic E-state index is 0.0868. The predicted octanol–water partition coefficient (Wildman–Crippen LogP) is 1.78. The number of nitrogens with zero attached hydrogens (tertiary/aromatic N) is 1. The van der Waals surface area contributed by atoms with E-state index in [0.29, 0.717) is 6.42 Å². The lowest BCUT2D eigenvalue weighted by Crippen LogP contribution is -2.58. The van der Waals surface area contributed by atoms with Gasteiger partial charge in [0.15, 0.2) is 4.90 Å². The molecule has 0 aliphatic heterocycles. The molecule has 2 atom stereocenters. The van der Waals surface area contributed by atoms with Gasteiger partial charge >= 0.3 is 0 Å². The van der Waals surface area contributed by atoms with Gasteiger partial charge in [-0.05, 0) is 24.8 Å². The number of hydrogen-bond donors (Lipinski definition) is 2. The van der Waals surface area contributed by atoms with E-state index in [0.717, 1.165) is 19.3 Å². The molecule has 0 aromatic heterocycles. The van der Waals surface area contributed by atoms with Gasteiger partial charge in [-0.3, -0.25) is 10.1 Å². The molecule has 22 heavy (non-hydrogen) atoms. The molecule has 0 saturated heterocycles. The van der Waals surface area contributed by atoms with E-state index < -0.39 is 26.2 Å². The minimum Gasteiger partial charge on any atom is -0.329 e. The minimum atomic E-state index is -4.01. The third kappa shape index (κ3) is 3.13. The third-order valence-corrected chi connectivity index (χ3v) is 6.11. The first-order valence-electron chi connectivity index (χ1n) is 7.30. The van der Waals surface area contributed by atoms with Crippen LogP contribution in [0.2, 0.25) is 0 Å². The summed E-state index contributed by atoms with van der Waals surface area (Å²) in [5.41, 5.74) is 4.69. The van der Waals surface area contributed by atoms with Crippen LogP contribution >= 0.6 is 0 Å². The van der Waals surface area contributed by atoms with Gasteiger partial charge in [0.1, 0.15) is 0 Å².